The topological polar surface area (TPSA) is 35.2 Å². The zero-order chi connectivity index (χ0) is 12.9. The van der Waals surface area contributed by atoms with E-state index in [1.165, 1.54) is 70.6 Å². The van der Waals surface area contributed by atoms with E-state index < -0.39 is 0 Å². The maximum absolute atomic E-state index is 6.55. The van der Waals surface area contributed by atoms with E-state index in [1.54, 1.807) is 0 Å². The van der Waals surface area contributed by atoms with E-state index in [4.69, 9.17) is 10.5 Å². The van der Waals surface area contributed by atoms with Crippen molar-refractivity contribution >= 4 is 0 Å². The molecule has 1 heterocycles. The van der Waals surface area contributed by atoms with Crippen molar-refractivity contribution in [3.63, 3.8) is 0 Å². The summed E-state index contributed by atoms with van der Waals surface area (Å²) in [5, 5.41) is 0. The van der Waals surface area contributed by atoms with Gasteiger partial charge in [-0.2, -0.15) is 0 Å². The third-order valence-corrected chi connectivity index (χ3v) is 7.00. The highest BCUT2D eigenvalue weighted by molar-refractivity contribution is 5.03. The van der Waals surface area contributed by atoms with E-state index >= 15 is 0 Å². The van der Waals surface area contributed by atoms with Gasteiger partial charge in [0.25, 0.3) is 0 Å². The summed E-state index contributed by atoms with van der Waals surface area (Å²) in [7, 11) is 0. The summed E-state index contributed by atoms with van der Waals surface area (Å²) in [6, 6.07) is 0. The highest BCUT2D eigenvalue weighted by atomic mass is 16.5. The molecule has 4 rings (SSSR count). The predicted octanol–water partition coefficient (Wildman–Crippen LogP) is 3.63. The normalized spacial score (nSPS) is 47.5. The molecule has 4 fully saturated rings. The van der Waals surface area contributed by atoms with Crippen molar-refractivity contribution in [1.82, 2.24) is 0 Å². The van der Waals surface area contributed by atoms with Crippen molar-refractivity contribution in [2.24, 2.45) is 23.0 Å². The molecular weight excluding hydrogens is 234 g/mol. The highest BCUT2D eigenvalue weighted by Gasteiger charge is 2.52. The molecule has 1 saturated heterocycles. The van der Waals surface area contributed by atoms with Crippen LogP contribution in [0, 0.1) is 17.3 Å². The SMILES string of the molecule is NCC1(CC2CCC3(CCCC3)O2)CC2CCC1C2. The molecule has 3 saturated carbocycles. The molecule has 0 aromatic heterocycles. The Kier molecular flexibility index (Phi) is 2.97. The fourth-order valence-corrected chi connectivity index (χ4v) is 6.02. The van der Waals surface area contributed by atoms with E-state index in [0.29, 0.717) is 17.1 Å². The lowest BCUT2D eigenvalue weighted by molar-refractivity contribution is -0.0591. The molecule has 19 heavy (non-hydrogen) atoms. The minimum atomic E-state index is 0.304. The summed E-state index contributed by atoms with van der Waals surface area (Å²) in [5.74, 6) is 1.92. The molecule has 1 aliphatic heterocycles. The quantitative estimate of drug-likeness (QED) is 0.844. The van der Waals surface area contributed by atoms with Crippen LogP contribution in [0.15, 0.2) is 0 Å². The third-order valence-electron chi connectivity index (χ3n) is 7.00. The Bertz CT molecular complexity index is 349. The smallest absolute Gasteiger partial charge is 0.0687 e. The number of hydrogen-bond donors (Lipinski definition) is 1. The Morgan fingerprint density at radius 1 is 1.05 bits per heavy atom. The molecule has 2 nitrogen and oxygen atoms in total. The van der Waals surface area contributed by atoms with Gasteiger partial charge < -0.3 is 10.5 Å². The minimum absolute atomic E-state index is 0.304. The van der Waals surface area contributed by atoms with Crippen molar-refractivity contribution in [2.45, 2.75) is 82.3 Å². The Balaban J connectivity index is 1.44. The number of ether oxygens (including phenoxy) is 1. The summed E-state index contributed by atoms with van der Waals surface area (Å²) in [6.45, 7) is 0.904. The molecule has 4 atom stereocenters. The molecule has 0 radical (unpaired) electrons. The van der Waals surface area contributed by atoms with Crippen molar-refractivity contribution in [2.75, 3.05) is 6.54 Å². The fraction of sp³-hybridized carbons (Fsp3) is 1.00. The Morgan fingerprint density at radius 3 is 2.53 bits per heavy atom. The summed E-state index contributed by atoms with van der Waals surface area (Å²) >= 11 is 0. The lowest BCUT2D eigenvalue weighted by Gasteiger charge is -2.39. The zero-order valence-corrected chi connectivity index (χ0v) is 12.2. The van der Waals surface area contributed by atoms with E-state index in [0.717, 1.165) is 18.4 Å². The van der Waals surface area contributed by atoms with Crippen LogP contribution in [0.1, 0.15) is 70.6 Å². The number of hydrogen-bond acceptors (Lipinski definition) is 2. The van der Waals surface area contributed by atoms with Crippen LogP contribution in [0.2, 0.25) is 0 Å². The molecule has 4 unspecified atom stereocenters. The summed E-state index contributed by atoms with van der Waals surface area (Å²) in [4.78, 5) is 0. The van der Waals surface area contributed by atoms with Crippen molar-refractivity contribution in [1.29, 1.82) is 0 Å². The van der Waals surface area contributed by atoms with Crippen LogP contribution in [0.25, 0.3) is 0 Å². The van der Waals surface area contributed by atoms with Gasteiger partial charge in [-0.3, -0.25) is 0 Å². The van der Waals surface area contributed by atoms with Gasteiger partial charge in [-0.05, 0) is 75.2 Å². The van der Waals surface area contributed by atoms with Gasteiger partial charge in [0.05, 0.1) is 11.7 Å². The van der Waals surface area contributed by atoms with Crippen LogP contribution in [0.5, 0.6) is 0 Å². The van der Waals surface area contributed by atoms with Crippen molar-refractivity contribution in [3.05, 3.63) is 0 Å². The average Bonchev–Trinajstić information content (AvgIpc) is 3.17. The third kappa shape index (κ3) is 1.98. The molecule has 108 valence electrons. The zero-order valence-electron chi connectivity index (χ0n) is 12.2. The lowest BCUT2D eigenvalue weighted by Crippen LogP contribution is -2.39. The van der Waals surface area contributed by atoms with E-state index in [-0.39, 0.29) is 0 Å². The predicted molar refractivity (Wildman–Crippen MR) is 76.9 cm³/mol. The monoisotopic (exact) mass is 263 g/mol. The second kappa shape index (κ2) is 4.46. The van der Waals surface area contributed by atoms with Gasteiger partial charge in [0, 0.05) is 0 Å². The molecule has 3 aliphatic carbocycles. The first kappa shape index (κ1) is 12.6. The molecule has 0 aromatic carbocycles. The van der Waals surface area contributed by atoms with E-state index in [9.17, 15) is 0 Å². The van der Waals surface area contributed by atoms with Crippen LogP contribution in [0.3, 0.4) is 0 Å². The van der Waals surface area contributed by atoms with Crippen LogP contribution in [-0.4, -0.2) is 18.2 Å². The van der Waals surface area contributed by atoms with E-state index in [1.807, 2.05) is 0 Å². The summed E-state index contributed by atoms with van der Waals surface area (Å²) < 4.78 is 6.55. The highest BCUT2D eigenvalue weighted by Crippen LogP contribution is 2.59. The second-order valence-electron chi connectivity index (χ2n) is 8.02. The summed E-state index contributed by atoms with van der Waals surface area (Å²) in [6.07, 6.45) is 15.6. The van der Waals surface area contributed by atoms with Gasteiger partial charge in [0.15, 0.2) is 0 Å². The molecule has 1 spiro atoms. The maximum Gasteiger partial charge on any atom is 0.0687 e. The second-order valence-corrected chi connectivity index (χ2v) is 8.02. The Hall–Kier alpha value is -0.0800. The van der Waals surface area contributed by atoms with Gasteiger partial charge in [0.2, 0.25) is 0 Å². The maximum atomic E-state index is 6.55. The average molecular weight is 263 g/mol. The van der Waals surface area contributed by atoms with Crippen LogP contribution < -0.4 is 5.73 Å². The number of fused-ring (bicyclic) bond motifs is 2. The number of nitrogens with two attached hydrogens (primary N) is 1. The first-order valence-electron chi connectivity index (χ1n) is 8.62. The number of rotatable bonds is 3. The van der Waals surface area contributed by atoms with Crippen LogP contribution in [-0.2, 0) is 4.74 Å². The molecule has 0 amide bonds. The van der Waals surface area contributed by atoms with Gasteiger partial charge in [0.1, 0.15) is 0 Å². The lowest BCUT2D eigenvalue weighted by atomic mass is 9.69. The molecule has 4 aliphatic rings. The molecular formula is C17H29NO. The van der Waals surface area contributed by atoms with E-state index in [2.05, 4.69) is 0 Å². The largest absolute Gasteiger partial charge is 0.372 e. The molecule has 2 heteroatoms. The molecule has 2 N–H and O–H groups in total. The van der Waals surface area contributed by atoms with Crippen molar-refractivity contribution < 1.29 is 4.74 Å². The van der Waals surface area contributed by atoms with Crippen LogP contribution >= 0.6 is 0 Å². The Labute approximate surface area is 117 Å². The van der Waals surface area contributed by atoms with Gasteiger partial charge in [-0.1, -0.05) is 19.3 Å². The minimum Gasteiger partial charge on any atom is -0.372 e. The van der Waals surface area contributed by atoms with Gasteiger partial charge in [-0.25, -0.2) is 0 Å². The fourth-order valence-electron chi connectivity index (χ4n) is 6.02. The first-order chi connectivity index (χ1) is 9.24. The standard InChI is InChI=1S/C17H29NO/c18-12-16(10-13-3-4-14(16)9-13)11-15-5-8-17(19-15)6-1-2-7-17/h13-15H,1-12,18H2. The first-order valence-corrected chi connectivity index (χ1v) is 8.62. The Morgan fingerprint density at radius 2 is 1.89 bits per heavy atom. The van der Waals surface area contributed by atoms with Crippen molar-refractivity contribution in [3.8, 4) is 0 Å². The summed E-state index contributed by atoms with van der Waals surface area (Å²) in [5.41, 5.74) is 6.98. The van der Waals surface area contributed by atoms with Crippen LogP contribution in [0.4, 0.5) is 0 Å². The van der Waals surface area contributed by atoms with Gasteiger partial charge >= 0.3 is 0 Å². The van der Waals surface area contributed by atoms with Gasteiger partial charge in [-0.15, -0.1) is 0 Å². The molecule has 0 aromatic rings. The molecule has 2 bridgehead atoms.